The number of hydrogen-bond donors (Lipinski definition) is 1. The van der Waals surface area contributed by atoms with E-state index in [-0.39, 0.29) is 11.4 Å². The molecular weight excluding hydrogens is 262 g/mol. The molecule has 0 saturated carbocycles. The monoisotopic (exact) mass is 300 g/mol. The van der Waals surface area contributed by atoms with Crippen molar-refractivity contribution in [2.75, 3.05) is 13.2 Å². The van der Waals surface area contributed by atoms with Gasteiger partial charge < -0.3 is 9.64 Å². The second-order valence-electron chi connectivity index (χ2n) is 7.94. The fraction of sp³-hybridized carbons (Fsp3) is 0.944. The lowest BCUT2D eigenvalue weighted by atomic mass is 9.73. The Morgan fingerprint density at radius 1 is 1.00 bits per heavy atom. The van der Waals surface area contributed by atoms with E-state index in [1.165, 1.54) is 4.90 Å². The molecule has 0 fully saturated rings. The zero-order valence-corrected chi connectivity index (χ0v) is 15.7. The van der Waals surface area contributed by atoms with Gasteiger partial charge in [0.2, 0.25) is 0 Å². The molecule has 0 radical (unpaired) electrons. The smallest absolute Gasteiger partial charge is 0.312 e. The Labute approximate surface area is 132 Å². The van der Waals surface area contributed by atoms with E-state index in [2.05, 4.69) is 62.3 Å². The van der Waals surface area contributed by atoms with E-state index in [9.17, 15) is 4.79 Å². The van der Waals surface area contributed by atoms with Crippen LogP contribution < -0.4 is 4.90 Å². The molecule has 1 N–H and O–H groups in total. The summed E-state index contributed by atoms with van der Waals surface area (Å²) in [6, 6.07) is 1.10. The quantitative estimate of drug-likeness (QED) is 0.664. The Balaban J connectivity index is 4.58. The molecule has 0 rings (SSSR count). The van der Waals surface area contributed by atoms with Gasteiger partial charge in [0.1, 0.15) is 13.2 Å². The molecule has 3 nitrogen and oxygen atoms in total. The molecule has 1 atom stereocenters. The van der Waals surface area contributed by atoms with Crippen molar-refractivity contribution in [2.45, 2.75) is 80.8 Å². The molecule has 0 spiro atoms. The number of esters is 1. The van der Waals surface area contributed by atoms with Gasteiger partial charge >= 0.3 is 5.97 Å². The first-order chi connectivity index (χ1) is 9.52. The van der Waals surface area contributed by atoms with Gasteiger partial charge in [-0.15, -0.1) is 0 Å². The van der Waals surface area contributed by atoms with E-state index >= 15 is 0 Å². The van der Waals surface area contributed by atoms with E-state index in [1.54, 1.807) is 0 Å². The van der Waals surface area contributed by atoms with Crippen molar-refractivity contribution in [3.8, 4) is 0 Å². The zero-order chi connectivity index (χ0) is 16.8. The summed E-state index contributed by atoms with van der Waals surface area (Å²) in [6.07, 6.45) is 0.883. The van der Waals surface area contributed by atoms with Gasteiger partial charge in [0.25, 0.3) is 0 Å². The van der Waals surface area contributed by atoms with Crippen LogP contribution in [0.3, 0.4) is 0 Å². The highest BCUT2D eigenvalue weighted by molar-refractivity contribution is 5.76. The standard InChI is InChI=1S/C18H37NO2/c1-13(2)12-18(9,14(3)4)17(20)21-11-10-19(15(5)6)16(7)8/h13-16H,10-12H2,1-9H3/p+1. The average molecular weight is 301 g/mol. The number of ether oxygens (including phenoxy) is 1. The molecule has 0 aromatic heterocycles. The van der Waals surface area contributed by atoms with Gasteiger partial charge in [0.15, 0.2) is 0 Å². The van der Waals surface area contributed by atoms with Crippen LogP contribution in [-0.2, 0) is 9.53 Å². The molecule has 0 aliphatic heterocycles. The molecule has 3 heteroatoms. The van der Waals surface area contributed by atoms with Crippen LogP contribution in [0.25, 0.3) is 0 Å². The molecule has 1 unspecified atom stereocenters. The summed E-state index contributed by atoms with van der Waals surface area (Å²) in [4.78, 5) is 14.0. The highest BCUT2D eigenvalue weighted by Gasteiger charge is 2.38. The summed E-state index contributed by atoms with van der Waals surface area (Å²) in [7, 11) is 0. The van der Waals surface area contributed by atoms with Crippen LogP contribution in [0.15, 0.2) is 0 Å². The minimum absolute atomic E-state index is 0.0296. The lowest BCUT2D eigenvalue weighted by molar-refractivity contribution is -0.942. The van der Waals surface area contributed by atoms with Gasteiger partial charge in [-0.05, 0) is 52.9 Å². The van der Waals surface area contributed by atoms with Crippen molar-refractivity contribution >= 4 is 5.97 Å². The number of carbonyl (C=O) groups excluding carboxylic acids is 1. The third kappa shape index (κ3) is 6.37. The minimum Gasteiger partial charge on any atom is -0.459 e. The van der Waals surface area contributed by atoms with Crippen molar-refractivity contribution in [1.29, 1.82) is 0 Å². The van der Waals surface area contributed by atoms with Crippen LogP contribution in [0.1, 0.15) is 68.7 Å². The summed E-state index contributed by atoms with van der Waals surface area (Å²) >= 11 is 0. The van der Waals surface area contributed by atoms with Crippen LogP contribution in [0.5, 0.6) is 0 Å². The Morgan fingerprint density at radius 3 is 1.81 bits per heavy atom. The Kier molecular flexibility index (Phi) is 8.53. The highest BCUT2D eigenvalue weighted by atomic mass is 16.5. The third-order valence-corrected chi connectivity index (χ3v) is 4.68. The summed E-state index contributed by atoms with van der Waals surface area (Å²) < 4.78 is 5.64. The van der Waals surface area contributed by atoms with Gasteiger partial charge in [-0.2, -0.15) is 0 Å². The predicted octanol–water partition coefficient (Wildman–Crippen LogP) is 2.94. The van der Waals surface area contributed by atoms with Crippen LogP contribution in [-0.4, -0.2) is 31.2 Å². The van der Waals surface area contributed by atoms with Crippen LogP contribution in [0, 0.1) is 17.3 Å². The van der Waals surface area contributed by atoms with E-state index in [4.69, 9.17) is 4.74 Å². The molecule has 21 heavy (non-hydrogen) atoms. The molecule has 0 heterocycles. The van der Waals surface area contributed by atoms with Crippen LogP contribution >= 0.6 is 0 Å². The lowest BCUT2D eigenvalue weighted by Crippen LogP contribution is -3.18. The molecule has 126 valence electrons. The largest absolute Gasteiger partial charge is 0.459 e. The normalized spacial score (nSPS) is 15.3. The van der Waals surface area contributed by atoms with E-state index in [0.717, 1.165) is 13.0 Å². The maximum atomic E-state index is 12.5. The minimum atomic E-state index is -0.371. The van der Waals surface area contributed by atoms with Gasteiger partial charge in [-0.3, -0.25) is 4.79 Å². The van der Waals surface area contributed by atoms with Gasteiger partial charge in [-0.25, -0.2) is 0 Å². The Hall–Kier alpha value is -0.570. The number of hydrogen-bond acceptors (Lipinski definition) is 2. The highest BCUT2D eigenvalue weighted by Crippen LogP contribution is 2.35. The second-order valence-corrected chi connectivity index (χ2v) is 7.94. The van der Waals surface area contributed by atoms with Crippen molar-refractivity contribution in [1.82, 2.24) is 0 Å². The van der Waals surface area contributed by atoms with Gasteiger partial charge in [0, 0.05) is 0 Å². The number of rotatable bonds is 9. The Bertz CT molecular complexity index is 302. The van der Waals surface area contributed by atoms with Crippen LogP contribution in [0.2, 0.25) is 0 Å². The number of nitrogens with one attached hydrogen (secondary N) is 1. The van der Waals surface area contributed by atoms with Gasteiger partial charge in [0.05, 0.1) is 17.5 Å². The third-order valence-electron chi connectivity index (χ3n) is 4.68. The molecule has 0 amide bonds. The average Bonchev–Trinajstić information content (AvgIpc) is 2.31. The molecule has 0 saturated heterocycles. The topological polar surface area (TPSA) is 30.7 Å². The van der Waals surface area contributed by atoms with Gasteiger partial charge in [-0.1, -0.05) is 27.7 Å². The van der Waals surface area contributed by atoms with Crippen molar-refractivity contribution < 1.29 is 14.4 Å². The first kappa shape index (κ1) is 20.4. The molecule has 0 aliphatic carbocycles. The maximum Gasteiger partial charge on any atom is 0.312 e. The predicted molar refractivity (Wildman–Crippen MR) is 89.5 cm³/mol. The second kappa shape index (κ2) is 8.77. The first-order valence-electron chi connectivity index (χ1n) is 8.55. The molecule has 0 aliphatic rings. The molecule has 0 bridgehead atoms. The molecule has 0 aromatic carbocycles. The SMILES string of the molecule is CC(C)CC(C)(C(=O)OCC[NH+](C(C)C)C(C)C)C(C)C. The summed E-state index contributed by atoms with van der Waals surface area (Å²) in [5.41, 5.74) is -0.371. The number of quaternary nitrogens is 1. The molecule has 0 aromatic rings. The van der Waals surface area contributed by atoms with E-state index in [0.29, 0.717) is 30.5 Å². The van der Waals surface area contributed by atoms with E-state index < -0.39 is 0 Å². The number of carbonyl (C=O) groups is 1. The van der Waals surface area contributed by atoms with Crippen molar-refractivity contribution in [3.05, 3.63) is 0 Å². The fourth-order valence-corrected chi connectivity index (χ4v) is 3.07. The summed E-state index contributed by atoms with van der Waals surface area (Å²) in [6.45, 7) is 20.9. The van der Waals surface area contributed by atoms with Crippen LogP contribution in [0.4, 0.5) is 0 Å². The van der Waals surface area contributed by atoms with Crippen molar-refractivity contribution in [2.24, 2.45) is 17.3 Å². The fourth-order valence-electron chi connectivity index (χ4n) is 3.07. The Morgan fingerprint density at radius 2 is 1.48 bits per heavy atom. The van der Waals surface area contributed by atoms with E-state index in [1.807, 2.05) is 0 Å². The molecular formula is C18H38NO2+. The first-order valence-corrected chi connectivity index (χ1v) is 8.55. The lowest BCUT2D eigenvalue weighted by Gasteiger charge is -2.33. The van der Waals surface area contributed by atoms with Crippen molar-refractivity contribution in [3.63, 3.8) is 0 Å². The summed E-state index contributed by atoms with van der Waals surface area (Å²) in [5.74, 6) is 0.766. The zero-order valence-electron chi connectivity index (χ0n) is 15.7. The maximum absolute atomic E-state index is 12.5. The summed E-state index contributed by atoms with van der Waals surface area (Å²) in [5, 5.41) is 0.